The van der Waals surface area contributed by atoms with Crippen LogP contribution in [0.15, 0.2) is 29.8 Å². The summed E-state index contributed by atoms with van der Waals surface area (Å²) >= 11 is 1.44. The van der Waals surface area contributed by atoms with Gasteiger partial charge in [0.1, 0.15) is 0 Å². The fraction of sp³-hybridized carbons (Fsp3) is 0.0909. The molecule has 0 aliphatic carbocycles. The van der Waals surface area contributed by atoms with Crippen LogP contribution in [0, 0.1) is 6.92 Å². The standard InChI is InChI=1S/C11H9NOS/c1-8-2-3-12-11(4-8)9-5-10(6-13)14-7-9/h2-7H,1H3. The van der Waals surface area contributed by atoms with Crippen molar-refractivity contribution in [1.82, 2.24) is 4.98 Å². The fourth-order valence-corrected chi connectivity index (χ4v) is 1.95. The van der Waals surface area contributed by atoms with Gasteiger partial charge < -0.3 is 0 Å². The smallest absolute Gasteiger partial charge is 0.160 e. The Labute approximate surface area is 86.2 Å². The van der Waals surface area contributed by atoms with E-state index in [-0.39, 0.29) is 0 Å². The molecule has 2 aromatic heterocycles. The molecule has 0 atom stereocenters. The van der Waals surface area contributed by atoms with Crippen LogP contribution in [0.4, 0.5) is 0 Å². The molecule has 2 rings (SSSR count). The van der Waals surface area contributed by atoms with E-state index in [1.807, 2.05) is 30.5 Å². The predicted octanol–water partition coefficient (Wildman–Crippen LogP) is 2.93. The van der Waals surface area contributed by atoms with Crippen LogP contribution in [0.1, 0.15) is 15.2 Å². The van der Waals surface area contributed by atoms with E-state index in [1.165, 1.54) is 16.9 Å². The minimum atomic E-state index is 0.739. The number of hydrogen-bond donors (Lipinski definition) is 0. The number of thiophene rings is 1. The molecule has 14 heavy (non-hydrogen) atoms. The average Bonchev–Trinajstić information content (AvgIpc) is 2.66. The molecule has 0 N–H and O–H groups in total. The predicted molar refractivity (Wildman–Crippen MR) is 57.7 cm³/mol. The van der Waals surface area contributed by atoms with Crippen molar-refractivity contribution >= 4 is 17.6 Å². The van der Waals surface area contributed by atoms with Crippen molar-refractivity contribution in [2.45, 2.75) is 6.92 Å². The van der Waals surface area contributed by atoms with Crippen molar-refractivity contribution in [1.29, 1.82) is 0 Å². The van der Waals surface area contributed by atoms with Gasteiger partial charge in [0.05, 0.1) is 10.6 Å². The van der Waals surface area contributed by atoms with E-state index in [4.69, 9.17) is 0 Å². The van der Waals surface area contributed by atoms with Crippen LogP contribution in [0.25, 0.3) is 11.3 Å². The number of carbonyl (C=O) groups excluding carboxylic acids is 1. The molecule has 0 aliphatic rings. The Morgan fingerprint density at radius 1 is 1.43 bits per heavy atom. The zero-order valence-electron chi connectivity index (χ0n) is 7.73. The summed E-state index contributed by atoms with van der Waals surface area (Å²) in [5, 5.41) is 1.95. The van der Waals surface area contributed by atoms with Gasteiger partial charge in [-0.1, -0.05) is 0 Å². The molecule has 70 valence electrons. The molecule has 0 bridgehead atoms. The quantitative estimate of drug-likeness (QED) is 0.702. The fourth-order valence-electron chi connectivity index (χ4n) is 1.24. The first kappa shape index (κ1) is 9.09. The van der Waals surface area contributed by atoms with E-state index in [0.717, 1.165) is 22.4 Å². The number of rotatable bonds is 2. The molecule has 0 fully saturated rings. The number of aromatic nitrogens is 1. The Morgan fingerprint density at radius 2 is 2.29 bits per heavy atom. The van der Waals surface area contributed by atoms with E-state index >= 15 is 0 Å². The number of aryl methyl sites for hydroxylation is 1. The summed E-state index contributed by atoms with van der Waals surface area (Å²) in [6.07, 6.45) is 2.65. The average molecular weight is 203 g/mol. The Kier molecular flexibility index (Phi) is 2.41. The van der Waals surface area contributed by atoms with Gasteiger partial charge in [0.15, 0.2) is 6.29 Å². The molecule has 0 amide bonds. The third-order valence-corrected chi connectivity index (χ3v) is 2.81. The molecule has 0 saturated carbocycles. The molecule has 2 heterocycles. The lowest BCUT2D eigenvalue weighted by Crippen LogP contribution is -1.81. The Morgan fingerprint density at radius 3 is 2.93 bits per heavy atom. The molecule has 0 aromatic carbocycles. The molecule has 0 spiro atoms. The van der Waals surface area contributed by atoms with Crippen LogP contribution < -0.4 is 0 Å². The summed E-state index contributed by atoms with van der Waals surface area (Å²) in [4.78, 5) is 15.5. The highest BCUT2D eigenvalue weighted by Crippen LogP contribution is 2.23. The number of aldehydes is 1. The van der Waals surface area contributed by atoms with Crippen LogP contribution in [0.3, 0.4) is 0 Å². The van der Waals surface area contributed by atoms with Crippen LogP contribution in [0.2, 0.25) is 0 Å². The van der Waals surface area contributed by atoms with Crippen LogP contribution in [-0.4, -0.2) is 11.3 Å². The van der Waals surface area contributed by atoms with Gasteiger partial charge in [-0.05, 0) is 30.7 Å². The molecular formula is C11H9NOS. The van der Waals surface area contributed by atoms with E-state index in [0.29, 0.717) is 0 Å². The Bertz CT molecular complexity index is 462. The number of nitrogens with zero attached hydrogens (tertiary/aromatic N) is 1. The van der Waals surface area contributed by atoms with Gasteiger partial charge in [0.2, 0.25) is 0 Å². The van der Waals surface area contributed by atoms with Crippen molar-refractivity contribution in [2.24, 2.45) is 0 Å². The summed E-state index contributed by atoms with van der Waals surface area (Å²) in [6, 6.07) is 5.83. The maximum Gasteiger partial charge on any atom is 0.160 e. The molecular weight excluding hydrogens is 194 g/mol. The van der Waals surface area contributed by atoms with E-state index in [2.05, 4.69) is 4.98 Å². The maximum atomic E-state index is 10.5. The highest BCUT2D eigenvalue weighted by molar-refractivity contribution is 7.12. The second kappa shape index (κ2) is 3.72. The van der Waals surface area contributed by atoms with Crippen molar-refractivity contribution in [3.63, 3.8) is 0 Å². The van der Waals surface area contributed by atoms with E-state index in [1.54, 1.807) is 6.20 Å². The molecule has 0 unspecified atom stereocenters. The first-order valence-corrected chi connectivity index (χ1v) is 5.14. The van der Waals surface area contributed by atoms with Gasteiger partial charge in [-0.15, -0.1) is 11.3 Å². The van der Waals surface area contributed by atoms with Crippen molar-refractivity contribution in [3.05, 3.63) is 40.2 Å². The zero-order valence-corrected chi connectivity index (χ0v) is 8.54. The van der Waals surface area contributed by atoms with Crippen molar-refractivity contribution < 1.29 is 4.79 Å². The molecule has 2 nitrogen and oxygen atoms in total. The number of hydrogen-bond acceptors (Lipinski definition) is 3. The molecule has 3 heteroatoms. The van der Waals surface area contributed by atoms with Gasteiger partial charge in [-0.3, -0.25) is 9.78 Å². The molecule has 0 radical (unpaired) electrons. The summed E-state index contributed by atoms with van der Waals surface area (Å²) in [7, 11) is 0. The van der Waals surface area contributed by atoms with Gasteiger partial charge in [0.25, 0.3) is 0 Å². The van der Waals surface area contributed by atoms with Crippen LogP contribution in [0.5, 0.6) is 0 Å². The third-order valence-electron chi connectivity index (χ3n) is 1.95. The highest BCUT2D eigenvalue weighted by atomic mass is 32.1. The minimum absolute atomic E-state index is 0.739. The number of carbonyl (C=O) groups is 1. The van der Waals surface area contributed by atoms with Gasteiger partial charge in [-0.25, -0.2) is 0 Å². The van der Waals surface area contributed by atoms with Gasteiger partial charge >= 0.3 is 0 Å². The topological polar surface area (TPSA) is 30.0 Å². The molecule has 0 aliphatic heterocycles. The number of pyridine rings is 1. The minimum Gasteiger partial charge on any atom is -0.297 e. The summed E-state index contributed by atoms with van der Waals surface area (Å²) < 4.78 is 0. The van der Waals surface area contributed by atoms with E-state index in [9.17, 15) is 4.79 Å². The molecule has 2 aromatic rings. The Balaban J connectivity index is 2.43. The second-order valence-corrected chi connectivity index (χ2v) is 4.02. The monoisotopic (exact) mass is 203 g/mol. The zero-order chi connectivity index (χ0) is 9.97. The lowest BCUT2D eigenvalue weighted by molar-refractivity contribution is 0.112. The summed E-state index contributed by atoms with van der Waals surface area (Å²) in [5.41, 5.74) is 3.11. The third kappa shape index (κ3) is 1.72. The van der Waals surface area contributed by atoms with Crippen molar-refractivity contribution in [3.8, 4) is 11.3 Å². The van der Waals surface area contributed by atoms with Crippen LogP contribution >= 0.6 is 11.3 Å². The van der Waals surface area contributed by atoms with E-state index < -0.39 is 0 Å². The SMILES string of the molecule is Cc1ccnc(-c2csc(C=O)c2)c1. The Hall–Kier alpha value is -1.48. The van der Waals surface area contributed by atoms with Crippen LogP contribution in [-0.2, 0) is 0 Å². The van der Waals surface area contributed by atoms with Gasteiger partial charge in [-0.2, -0.15) is 0 Å². The summed E-state index contributed by atoms with van der Waals surface area (Å²) in [5.74, 6) is 0. The largest absolute Gasteiger partial charge is 0.297 e. The highest BCUT2D eigenvalue weighted by Gasteiger charge is 2.02. The lowest BCUT2D eigenvalue weighted by atomic mass is 10.1. The summed E-state index contributed by atoms with van der Waals surface area (Å²) in [6.45, 7) is 2.03. The van der Waals surface area contributed by atoms with Gasteiger partial charge in [0, 0.05) is 17.1 Å². The first-order chi connectivity index (χ1) is 6.79. The lowest BCUT2D eigenvalue weighted by Gasteiger charge is -1.96. The second-order valence-electron chi connectivity index (χ2n) is 3.07. The normalized spacial score (nSPS) is 10.1. The first-order valence-electron chi connectivity index (χ1n) is 4.26. The maximum absolute atomic E-state index is 10.5. The van der Waals surface area contributed by atoms with Crippen molar-refractivity contribution in [2.75, 3.05) is 0 Å². The molecule has 0 saturated heterocycles.